The molecule has 0 unspecified atom stereocenters. The maximum Gasteiger partial charge on any atom is 0.0594 e. The molecule has 1 saturated heterocycles. The summed E-state index contributed by atoms with van der Waals surface area (Å²) in [6.45, 7) is 4.14. The second kappa shape index (κ2) is 3.73. The lowest BCUT2D eigenvalue weighted by molar-refractivity contribution is -0.00918. The van der Waals surface area contributed by atoms with Crippen LogP contribution in [0.5, 0.6) is 0 Å². The van der Waals surface area contributed by atoms with Gasteiger partial charge in [-0.05, 0) is 19.9 Å². The van der Waals surface area contributed by atoms with E-state index in [0.717, 1.165) is 38.4 Å². The van der Waals surface area contributed by atoms with Crippen molar-refractivity contribution in [3.8, 4) is 0 Å². The molecular formula is C9H18N2O. The summed E-state index contributed by atoms with van der Waals surface area (Å²) in [6.07, 6.45) is 2.66. The summed E-state index contributed by atoms with van der Waals surface area (Å²) in [6, 6.07) is 1.61. The van der Waals surface area contributed by atoms with Gasteiger partial charge in [-0.3, -0.25) is 4.90 Å². The molecule has 12 heavy (non-hydrogen) atoms. The summed E-state index contributed by atoms with van der Waals surface area (Å²) < 4.78 is 5.31. The molecule has 2 rings (SSSR count). The molecule has 0 bridgehead atoms. The third kappa shape index (κ3) is 1.63. The van der Waals surface area contributed by atoms with Gasteiger partial charge in [0.25, 0.3) is 0 Å². The number of rotatable bonds is 2. The van der Waals surface area contributed by atoms with Gasteiger partial charge in [-0.1, -0.05) is 0 Å². The van der Waals surface area contributed by atoms with Crippen LogP contribution in [-0.4, -0.2) is 50.3 Å². The van der Waals surface area contributed by atoms with Gasteiger partial charge in [-0.25, -0.2) is 0 Å². The predicted octanol–water partition coefficient (Wildman–Crippen LogP) is 0.0690. The largest absolute Gasteiger partial charge is 0.379 e. The highest BCUT2D eigenvalue weighted by atomic mass is 16.5. The molecule has 0 aromatic carbocycles. The molecule has 1 aliphatic carbocycles. The van der Waals surface area contributed by atoms with Crippen LogP contribution in [0.4, 0.5) is 0 Å². The summed E-state index contributed by atoms with van der Waals surface area (Å²) in [5, 5.41) is 3.31. The zero-order valence-electron chi connectivity index (χ0n) is 7.75. The molecule has 0 spiro atoms. The predicted molar refractivity (Wildman–Crippen MR) is 48.3 cm³/mol. The van der Waals surface area contributed by atoms with E-state index in [4.69, 9.17) is 4.74 Å². The van der Waals surface area contributed by atoms with Crippen LogP contribution in [0, 0.1) is 0 Å². The first-order chi connectivity index (χ1) is 5.90. The van der Waals surface area contributed by atoms with Crippen molar-refractivity contribution < 1.29 is 4.74 Å². The lowest BCUT2D eigenvalue weighted by atomic mass is 9.85. The Labute approximate surface area is 74.1 Å². The van der Waals surface area contributed by atoms with E-state index in [-0.39, 0.29) is 0 Å². The highest BCUT2D eigenvalue weighted by molar-refractivity contribution is 4.91. The lowest BCUT2D eigenvalue weighted by Gasteiger charge is -2.44. The Bertz CT molecular complexity index is 139. The fourth-order valence-electron chi connectivity index (χ4n) is 2.06. The molecule has 3 heteroatoms. The quantitative estimate of drug-likeness (QED) is 0.634. The van der Waals surface area contributed by atoms with E-state index in [1.165, 1.54) is 12.8 Å². The maximum absolute atomic E-state index is 5.31. The maximum atomic E-state index is 5.31. The van der Waals surface area contributed by atoms with Crippen LogP contribution >= 0.6 is 0 Å². The standard InChI is InChI=1S/C9H18N2O/c1-10-8-6-9(7-8)11-2-4-12-5-3-11/h8-10H,2-7H2,1H3. The van der Waals surface area contributed by atoms with Gasteiger partial charge in [0.1, 0.15) is 0 Å². The monoisotopic (exact) mass is 170 g/mol. The van der Waals surface area contributed by atoms with Crippen molar-refractivity contribution in [3.63, 3.8) is 0 Å². The Morgan fingerprint density at radius 3 is 2.50 bits per heavy atom. The van der Waals surface area contributed by atoms with Gasteiger partial charge in [-0.2, -0.15) is 0 Å². The minimum Gasteiger partial charge on any atom is -0.379 e. The van der Waals surface area contributed by atoms with Gasteiger partial charge in [0.05, 0.1) is 13.2 Å². The van der Waals surface area contributed by atoms with Gasteiger partial charge >= 0.3 is 0 Å². The van der Waals surface area contributed by atoms with Crippen molar-refractivity contribution in [2.75, 3.05) is 33.4 Å². The number of morpholine rings is 1. The molecule has 2 aliphatic rings. The second-order valence-corrected chi connectivity index (χ2v) is 3.76. The molecule has 3 nitrogen and oxygen atoms in total. The van der Waals surface area contributed by atoms with Crippen LogP contribution in [0.2, 0.25) is 0 Å². The summed E-state index contributed by atoms with van der Waals surface area (Å²) in [7, 11) is 2.06. The Morgan fingerprint density at radius 1 is 1.25 bits per heavy atom. The van der Waals surface area contributed by atoms with E-state index < -0.39 is 0 Å². The van der Waals surface area contributed by atoms with E-state index in [9.17, 15) is 0 Å². The van der Waals surface area contributed by atoms with Gasteiger partial charge < -0.3 is 10.1 Å². The van der Waals surface area contributed by atoms with Crippen molar-refractivity contribution in [1.82, 2.24) is 10.2 Å². The highest BCUT2D eigenvalue weighted by Crippen LogP contribution is 2.25. The van der Waals surface area contributed by atoms with Gasteiger partial charge in [-0.15, -0.1) is 0 Å². The van der Waals surface area contributed by atoms with E-state index in [2.05, 4.69) is 17.3 Å². The van der Waals surface area contributed by atoms with Crippen molar-refractivity contribution >= 4 is 0 Å². The molecule has 0 atom stereocenters. The molecule has 1 saturated carbocycles. The zero-order valence-corrected chi connectivity index (χ0v) is 7.75. The molecule has 70 valence electrons. The Kier molecular flexibility index (Phi) is 2.63. The highest BCUT2D eigenvalue weighted by Gasteiger charge is 2.32. The summed E-state index contributed by atoms with van der Waals surface area (Å²) in [4.78, 5) is 2.57. The Balaban J connectivity index is 1.72. The van der Waals surface area contributed by atoms with Crippen molar-refractivity contribution in [3.05, 3.63) is 0 Å². The van der Waals surface area contributed by atoms with Crippen LogP contribution in [0.3, 0.4) is 0 Å². The van der Waals surface area contributed by atoms with E-state index in [0.29, 0.717) is 0 Å². The SMILES string of the molecule is CNC1CC(N2CCOCC2)C1. The van der Waals surface area contributed by atoms with Crippen LogP contribution in [0.15, 0.2) is 0 Å². The lowest BCUT2D eigenvalue weighted by Crippen LogP contribution is -2.54. The minimum absolute atomic E-state index is 0.776. The van der Waals surface area contributed by atoms with E-state index in [1.807, 2.05) is 0 Å². The first kappa shape index (κ1) is 8.48. The zero-order chi connectivity index (χ0) is 8.39. The number of ether oxygens (including phenoxy) is 1. The molecule has 0 radical (unpaired) electrons. The van der Waals surface area contributed by atoms with Crippen LogP contribution in [-0.2, 0) is 4.74 Å². The summed E-state index contributed by atoms with van der Waals surface area (Å²) in [5.74, 6) is 0. The summed E-state index contributed by atoms with van der Waals surface area (Å²) in [5.41, 5.74) is 0. The molecular weight excluding hydrogens is 152 g/mol. The van der Waals surface area contributed by atoms with Gasteiger partial charge in [0.15, 0.2) is 0 Å². The van der Waals surface area contributed by atoms with Crippen molar-refractivity contribution in [1.29, 1.82) is 0 Å². The topological polar surface area (TPSA) is 24.5 Å². The van der Waals surface area contributed by atoms with Gasteiger partial charge in [0.2, 0.25) is 0 Å². The minimum atomic E-state index is 0.776. The van der Waals surface area contributed by atoms with Crippen LogP contribution in [0.25, 0.3) is 0 Å². The van der Waals surface area contributed by atoms with E-state index in [1.54, 1.807) is 0 Å². The first-order valence-corrected chi connectivity index (χ1v) is 4.89. The Hall–Kier alpha value is -0.120. The Morgan fingerprint density at radius 2 is 1.92 bits per heavy atom. The molecule has 1 N–H and O–H groups in total. The van der Waals surface area contributed by atoms with Crippen molar-refractivity contribution in [2.45, 2.75) is 24.9 Å². The molecule has 0 amide bonds. The molecule has 0 aromatic heterocycles. The number of hydrogen-bond acceptors (Lipinski definition) is 3. The summed E-state index contributed by atoms with van der Waals surface area (Å²) >= 11 is 0. The van der Waals surface area contributed by atoms with Crippen molar-refractivity contribution in [2.24, 2.45) is 0 Å². The molecule has 2 fully saturated rings. The van der Waals surface area contributed by atoms with Crippen LogP contribution < -0.4 is 5.32 Å². The molecule has 1 heterocycles. The normalized spacial score (nSPS) is 37.8. The van der Waals surface area contributed by atoms with Gasteiger partial charge in [0, 0.05) is 25.2 Å². The van der Waals surface area contributed by atoms with Crippen LogP contribution in [0.1, 0.15) is 12.8 Å². The molecule has 0 aromatic rings. The smallest absolute Gasteiger partial charge is 0.0594 e. The fourth-order valence-corrected chi connectivity index (χ4v) is 2.06. The van der Waals surface area contributed by atoms with E-state index >= 15 is 0 Å². The second-order valence-electron chi connectivity index (χ2n) is 3.76. The average Bonchev–Trinajstić information content (AvgIpc) is 2.04. The fraction of sp³-hybridized carbons (Fsp3) is 1.00. The third-order valence-electron chi connectivity index (χ3n) is 3.08. The number of hydrogen-bond donors (Lipinski definition) is 1. The average molecular weight is 170 g/mol. The molecule has 1 aliphatic heterocycles. The number of nitrogens with zero attached hydrogens (tertiary/aromatic N) is 1. The first-order valence-electron chi connectivity index (χ1n) is 4.89. The third-order valence-corrected chi connectivity index (χ3v) is 3.08. The number of nitrogens with one attached hydrogen (secondary N) is 1.